The molecule has 1 unspecified atom stereocenters. The van der Waals surface area contributed by atoms with Crippen molar-refractivity contribution in [3.63, 3.8) is 0 Å². The number of halogens is 4. The summed E-state index contributed by atoms with van der Waals surface area (Å²) in [4.78, 5) is 12.1. The third-order valence-electron chi connectivity index (χ3n) is 2.52. The van der Waals surface area contributed by atoms with Crippen LogP contribution in [0, 0.1) is 0 Å². The monoisotopic (exact) mass is 243 g/mol. The van der Waals surface area contributed by atoms with Crippen LogP contribution in [0.15, 0.2) is 0 Å². The summed E-state index contributed by atoms with van der Waals surface area (Å²) in [5, 5.41) is 0. The van der Waals surface area contributed by atoms with Crippen LogP contribution < -0.4 is 0 Å². The van der Waals surface area contributed by atoms with Crippen molar-refractivity contribution in [3.05, 3.63) is 0 Å². The Morgan fingerprint density at radius 3 is 2.69 bits per heavy atom. The third kappa shape index (κ3) is 2.45. The molecule has 0 aromatic rings. The highest BCUT2D eigenvalue weighted by Gasteiger charge is 2.52. The van der Waals surface area contributed by atoms with Crippen LogP contribution in [0.3, 0.4) is 0 Å². The lowest BCUT2D eigenvalue weighted by Gasteiger charge is -2.36. The first-order valence-corrected chi connectivity index (χ1v) is 4.96. The van der Waals surface area contributed by atoms with Crippen LogP contribution in [-0.4, -0.2) is 49.0 Å². The number of hydrogen-bond donors (Lipinski definition) is 0. The molecule has 94 valence electrons. The molecule has 0 aliphatic carbocycles. The first-order chi connectivity index (χ1) is 7.41. The van der Waals surface area contributed by atoms with Crippen molar-refractivity contribution in [1.82, 2.24) is 4.90 Å². The number of ether oxygens (including phenoxy) is 1. The predicted molar refractivity (Wildman–Crippen MR) is 47.6 cm³/mol. The van der Waals surface area contributed by atoms with Gasteiger partial charge in [0.1, 0.15) is 0 Å². The van der Waals surface area contributed by atoms with E-state index in [0.29, 0.717) is 6.42 Å². The van der Waals surface area contributed by atoms with Crippen molar-refractivity contribution in [2.24, 2.45) is 0 Å². The van der Waals surface area contributed by atoms with Gasteiger partial charge in [-0.25, -0.2) is 8.78 Å². The summed E-state index contributed by atoms with van der Waals surface area (Å²) >= 11 is 0. The first kappa shape index (κ1) is 13.2. The minimum absolute atomic E-state index is 0.0698. The number of amides is 1. The SMILES string of the molecule is CCC1COCCN1C(=O)C(F)(F)C(F)F. The zero-order valence-electron chi connectivity index (χ0n) is 8.76. The molecule has 0 radical (unpaired) electrons. The number of alkyl halides is 4. The molecule has 0 bridgehead atoms. The van der Waals surface area contributed by atoms with Crippen molar-refractivity contribution >= 4 is 5.91 Å². The molecule has 7 heteroatoms. The van der Waals surface area contributed by atoms with Gasteiger partial charge in [-0.1, -0.05) is 6.92 Å². The average Bonchev–Trinajstić information content (AvgIpc) is 2.27. The number of hydrogen-bond acceptors (Lipinski definition) is 2. The second kappa shape index (κ2) is 4.99. The fraction of sp³-hybridized carbons (Fsp3) is 0.889. The lowest BCUT2D eigenvalue weighted by molar-refractivity contribution is -0.187. The van der Waals surface area contributed by atoms with Crippen LogP contribution in [0.1, 0.15) is 13.3 Å². The van der Waals surface area contributed by atoms with Crippen molar-refractivity contribution < 1.29 is 27.1 Å². The van der Waals surface area contributed by atoms with Crippen LogP contribution in [-0.2, 0) is 9.53 Å². The van der Waals surface area contributed by atoms with E-state index in [0.717, 1.165) is 4.90 Å². The number of nitrogens with zero attached hydrogens (tertiary/aromatic N) is 1. The number of morpholine rings is 1. The van der Waals surface area contributed by atoms with Crippen LogP contribution >= 0.6 is 0 Å². The maximum Gasteiger partial charge on any atom is 0.383 e. The number of carbonyl (C=O) groups excluding carboxylic acids is 1. The van der Waals surface area contributed by atoms with Crippen molar-refractivity contribution in [3.8, 4) is 0 Å². The van der Waals surface area contributed by atoms with Gasteiger partial charge < -0.3 is 9.64 Å². The fourth-order valence-electron chi connectivity index (χ4n) is 1.55. The van der Waals surface area contributed by atoms with Crippen molar-refractivity contribution in [2.75, 3.05) is 19.8 Å². The van der Waals surface area contributed by atoms with E-state index >= 15 is 0 Å². The maximum atomic E-state index is 12.9. The molecule has 0 N–H and O–H groups in total. The summed E-state index contributed by atoms with van der Waals surface area (Å²) in [6.07, 6.45) is -3.58. The van der Waals surface area contributed by atoms with Gasteiger partial charge in [0.15, 0.2) is 0 Å². The predicted octanol–water partition coefficient (Wildman–Crippen LogP) is 1.52. The van der Waals surface area contributed by atoms with Crippen molar-refractivity contribution in [2.45, 2.75) is 31.7 Å². The summed E-state index contributed by atoms with van der Waals surface area (Å²) < 4.78 is 54.7. The molecule has 1 amide bonds. The summed E-state index contributed by atoms with van der Waals surface area (Å²) in [5.41, 5.74) is 0. The Morgan fingerprint density at radius 2 is 2.19 bits per heavy atom. The molecule has 0 spiro atoms. The number of rotatable bonds is 3. The Morgan fingerprint density at radius 1 is 1.56 bits per heavy atom. The zero-order chi connectivity index (χ0) is 12.3. The Kier molecular flexibility index (Phi) is 4.12. The molecule has 1 saturated heterocycles. The second-order valence-electron chi connectivity index (χ2n) is 3.56. The molecule has 0 aromatic heterocycles. The molecule has 16 heavy (non-hydrogen) atoms. The molecule has 3 nitrogen and oxygen atoms in total. The van der Waals surface area contributed by atoms with Crippen LogP contribution in [0.4, 0.5) is 17.6 Å². The van der Waals surface area contributed by atoms with E-state index in [-0.39, 0.29) is 19.8 Å². The third-order valence-corrected chi connectivity index (χ3v) is 2.52. The minimum atomic E-state index is -4.61. The normalized spacial score (nSPS) is 22.6. The quantitative estimate of drug-likeness (QED) is 0.703. The van der Waals surface area contributed by atoms with E-state index in [1.54, 1.807) is 6.92 Å². The molecule has 1 atom stereocenters. The number of carbonyl (C=O) groups is 1. The van der Waals surface area contributed by atoms with Gasteiger partial charge in [0.2, 0.25) is 0 Å². The van der Waals surface area contributed by atoms with E-state index in [2.05, 4.69) is 0 Å². The van der Waals surface area contributed by atoms with Gasteiger partial charge in [0.05, 0.1) is 19.3 Å². The summed E-state index contributed by atoms with van der Waals surface area (Å²) in [6, 6.07) is -0.550. The molecule has 1 rings (SSSR count). The van der Waals surface area contributed by atoms with Gasteiger partial charge in [-0.2, -0.15) is 8.78 Å². The van der Waals surface area contributed by atoms with Gasteiger partial charge in [0, 0.05) is 6.54 Å². The van der Waals surface area contributed by atoms with E-state index < -0.39 is 24.3 Å². The Labute approximate surface area is 90.3 Å². The summed E-state index contributed by atoms with van der Waals surface area (Å²) in [5.74, 6) is -6.41. The Balaban J connectivity index is 2.78. The first-order valence-electron chi connectivity index (χ1n) is 4.96. The highest BCUT2D eigenvalue weighted by atomic mass is 19.3. The largest absolute Gasteiger partial charge is 0.383 e. The van der Waals surface area contributed by atoms with E-state index in [1.165, 1.54) is 0 Å². The molecule has 1 heterocycles. The molecule has 0 aromatic carbocycles. The van der Waals surface area contributed by atoms with Crippen LogP contribution in [0.2, 0.25) is 0 Å². The highest BCUT2D eigenvalue weighted by Crippen LogP contribution is 2.27. The Bertz CT molecular complexity index is 260. The molecular weight excluding hydrogens is 230 g/mol. The average molecular weight is 243 g/mol. The van der Waals surface area contributed by atoms with Crippen LogP contribution in [0.25, 0.3) is 0 Å². The van der Waals surface area contributed by atoms with E-state index in [1.807, 2.05) is 0 Å². The van der Waals surface area contributed by atoms with Crippen molar-refractivity contribution in [1.29, 1.82) is 0 Å². The highest BCUT2D eigenvalue weighted by molar-refractivity contribution is 5.84. The summed E-state index contributed by atoms with van der Waals surface area (Å²) in [6.45, 7) is 1.82. The lowest BCUT2D eigenvalue weighted by Crippen LogP contribution is -2.55. The van der Waals surface area contributed by atoms with Gasteiger partial charge in [-0.15, -0.1) is 0 Å². The lowest BCUT2D eigenvalue weighted by atomic mass is 10.1. The zero-order valence-corrected chi connectivity index (χ0v) is 8.76. The van der Waals surface area contributed by atoms with E-state index in [4.69, 9.17) is 4.74 Å². The van der Waals surface area contributed by atoms with E-state index in [9.17, 15) is 22.4 Å². The molecule has 0 saturated carbocycles. The molecule has 1 aliphatic heterocycles. The molecule has 1 aliphatic rings. The van der Waals surface area contributed by atoms with Gasteiger partial charge >= 0.3 is 12.3 Å². The fourth-order valence-corrected chi connectivity index (χ4v) is 1.55. The summed E-state index contributed by atoms with van der Waals surface area (Å²) in [7, 11) is 0. The smallest absolute Gasteiger partial charge is 0.377 e. The molecular formula is C9H13F4NO2. The second-order valence-corrected chi connectivity index (χ2v) is 3.56. The van der Waals surface area contributed by atoms with Gasteiger partial charge in [-0.3, -0.25) is 4.79 Å². The van der Waals surface area contributed by atoms with Gasteiger partial charge in [0.25, 0.3) is 5.91 Å². The minimum Gasteiger partial charge on any atom is -0.377 e. The van der Waals surface area contributed by atoms with Crippen LogP contribution in [0.5, 0.6) is 0 Å². The van der Waals surface area contributed by atoms with Gasteiger partial charge in [-0.05, 0) is 6.42 Å². The standard InChI is InChI=1S/C9H13F4NO2/c1-2-6-5-16-4-3-14(6)8(15)9(12,13)7(10)11/h6-7H,2-5H2,1H3. The molecule has 1 fully saturated rings. The Hall–Kier alpha value is -0.850. The maximum absolute atomic E-state index is 12.9. The topological polar surface area (TPSA) is 29.5 Å².